The van der Waals surface area contributed by atoms with E-state index < -0.39 is 18.2 Å². The van der Waals surface area contributed by atoms with Gasteiger partial charge in [0.2, 0.25) is 0 Å². The molecule has 5 heteroatoms. The molecule has 4 unspecified atom stereocenters. The third-order valence-electron chi connectivity index (χ3n) is 4.27. The number of unbranched alkanes of at least 4 members (excludes halogenated alkanes) is 1. The molecule has 1 aliphatic heterocycles. The summed E-state index contributed by atoms with van der Waals surface area (Å²) in [6.07, 6.45) is 16.0. The number of hydrogen-bond donors (Lipinski definition) is 3. The van der Waals surface area contributed by atoms with Crippen LogP contribution in [-0.4, -0.2) is 45.7 Å². The highest BCUT2D eigenvalue weighted by Crippen LogP contribution is 2.26. The molecule has 0 aromatic rings. The fourth-order valence-electron chi connectivity index (χ4n) is 2.75. The van der Waals surface area contributed by atoms with Crippen molar-refractivity contribution in [3.8, 4) is 0 Å². The molecular formula is C20H32O5. The maximum atomic E-state index is 10.3. The number of carbonyl (C=O) groups is 1. The summed E-state index contributed by atoms with van der Waals surface area (Å²) >= 11 is 0. The molecule has 0 spiro atoms. The van der Waals surface area contributed by atoms with Gasteiger partial charge in [0.05, 0.1) is 24.4 Å². The molecule has 1 heterocycles. The quantitative estimate of drug-likeness (QED) is 0.370. The standard InChI is InChI=1S/C20H32O5/c1-2-16(21)19-15-17(22)18(25-19)13-11-9-7-5-3-4-6-8-10-12-14-20(23)24/h3,5-6,8-9,11,16-19,21-22H,2,4,7,10,12-15H2,1H3,(H,23,24)/b5-3+,8-6+,11-9+. The molecule has 0 saturated carbocycles. The first-order valence-corrected chi connectivity index (χ1v) is 9.23. The number of aliphatic carboxylic acids is 1. The molecule has 4 atom stereocenters. The Balaban J connectivity index is 2.10. The number of hydrogen-bond acceptors (Lipinski definition) is 4. The van der Waals surface area contributed by atoms with E-state index in [0.717, 1.165) is 19.3 Å². The molecule has 1 saturated heterocycles. The second-order valence-electron chi connectivity index (χ2n) is 6.40. The van der Waals surface area contributed by atoms with E-state index >= 15 is 0 Å². The van der Waals surface area contributed by atoms with E-state index in [4.69, 9.17) is 9.84 Å². The molecule has 1 rings (SSSR count). The van der Waals surface area contributed by atoms with Crippen LogP contribution in [-0.2, 0) is 9.53 Å². The molecule has 0 radical (unpaired) electrons. The van der Waals surface area contributed by atoms with Gasteiger partial charge in [-0.3, -0.25) is 4.79 Å². The van der Waals surface area contributed by atoms with Crippen LogP contribution < -0.4 is 0 Å². The van der Waals surface area contributed by atoms with E-state index in [1.165, 1.54) is 0 Å². The molecule has 25 heavy (non-hydrogen) atoms. The second kappa shape index (κ2) is 12.9. The summed E-state index contributed by atoms with van der Waals surface area (Å²) in [5.41, 5.74) is 0. The van der Waals surface area contributed by atoms with Gasteiger partial charge in [-0.2, -0.15) is 0 Å². The molecule has 1 aliphatic rings. The highest BCUT2D eigenvalue weighted by molar-refractivity contribution is 5.66. The summed E-state index contributed by atoms with van der Waals surface area (Å²) in [6, 6.07) is 0. The average Bonchev–Trinajstić information content (AvgIpc) is 2.95. The summed E-state index contributed by atoms with van der Waals surface area (Å²) in [4.78, 5) is 10.3. The zero-order chi connectivity index (χ0) is 18.5. The van der Waals surface area contributed by atoms with Crippen LogP contribution in [0.2, 0.25) is 0 Å². The van der Waals surface area contributed by atoms with Gasteiger partial charge in [0.15, 0.2) is 0 Å². The maximum Gasteiger partial charge on any atom is 0.303 e. The number of rotatable bonds is 12. The van der Waals surface area contributed by atoms with E-state index in [1.807, 2.05) is 31.2 Å². The molecule has 3 N–H and O–H groups in total. The first-order chi connectivity index (χ1) is 12.0. The van der Waals surface area contributed by atoms with Crippen molar-refractivity contribution in [2.75, 3.05) is 0 Å². The Hall–Kier alpha value is -1.43. The monoisotopic (exact) mass is 352 g/mol. The van der Waals surface area contributed by atoms with Crippen LogP contribution in [0, 0.1) is 0 Å². The van der Waals surface area contributed by atoms with E-state index in [1.54, 1.807) is 0 Å². The van der Waals surface area contributed by atoms with Crippen LogP contribution in [0.15, 0.2) is 36.5 Å². The van der Waals surface area contributed by atoms with E-state index in [9.17, 15) is 15.0 Å². The Labute approximate surface area is 150 Å². The van der Waals surface area contributed by atoms with Gasteiger partial charge < -0.3 is 20.1 Å². The first kappa shape index (κ1) is 21.6. The van der Waals surface area contributed by atoms with Crippen LogP contribution in [0.5, 0.6) is 0 Å². The van der Waals surface area contributed by atoms with Gasteiger partial charge in [0.25, 0.3) is 0 Å². The minimum Gasteiger partial charge on any atom is -0.481 e. The van der Waals surface area contributed by atoms with Crippen molar-refractivity contribution in [1.82, 2.24) is 0 Å². The number of aliphatic hydroxyl groups is 2. The van der Waals surface area contributed by atoms with Gasteiger partial charge in [-0.25, -0.2) is 0 Å². The molecule has 142 valence electrons. The lowest BCUT2D eigenvalue weighted by atomic mass is 10.0. The smallest absolute Gasteiger partial charge is 0.303 e. The van der Waals surface area contributed by atoms with E-state index in [0.29, 0.717) is 25.7 Å². The van der Waals surface area contributed by atoms with Crippen LogP contribution in [0.3, 0.4) is 0 Å². The maximum absolute atomic E-state index is 10.3. The zero-order valence-electron chi connectivity index (χ0n) is 15.1. The SMILES string of the molecule is CCC(O)C1CC(O)C(C/C=C/C/C=C/C/C=C/CCCC(=O)O)O1. The summed E-state index contributed by atoms with van der Waals surface area (Å²) in [5.74, 6) is -0.743. The summed E-state index contributed by atoms with van der Waals surface area (Å²) in [5, 5.41) is 28.3. The zero-order valence-corrected chi connectivity index (χ0v) is 15.1. The van der Waals surface area contributed by atoms with Gasteiger partial charge in [-0.05, 0) is 38.5 Å². The number of ether oxygens (including phenoxy) is 1. The predicted octanol–water partition coefficient (Wildman–Crippen LogP) is 3.37. The average molecular weight is 352 g/mol. The Kier molecular flexibility index (Phi) is 11.1. The van der Waals surface area contributed by atoms with E-state index in [-0.39, 0.29) is 18.6 Å². The number of allylic oxidation sites excluding steroid dienone is 5. The second-order valence-corrected chi connectivity index (χ2v) is 6.40. The minimum atomic E-state index is -0.743. The molecule has 1 fully saturated rings. The molecule has 5 nitrogen and oxygen atoms in total. The fourth-order valence-corrected chi connectivity index (χ4v) is 2.75. The topological polar surface area (TPSA) is 87.0 Å². The summed E-state index contributed by atoms with van der Waals surface area (Å²) < 4.78 is 5.72. The molecule has 0 aromatic carbocycles. The highest BCUT2D eigenvalue weighted by Gasteiger charge is 2.36. The Morgan fingerprint density at radius 3 is 2.44 bits per heavy atom. The number of carboxylic acid groups (broad SMARTS) is 1. The van der Waals surface area contributed by atoms with Crippen molar-refractivity contribution >= 4 is 5.97 Å². The Morgan fingerprint density at radius 2 is 1.80 bits per heavy atom. The van der Waals surface area contributed by atoms with Crippen molar-refractivity contribution in [3.63, 3.8) is 0 Å². The predicted molar refractivity (Wildman–Crippen MR) is 98.3 cm³/mol. The van der Waals surface area contributed by atoms with Crippen LogP contribution in [0.25, 0.3) is 0 Å². The third-order valence-corrected chi connectivity index (χ3v) is 4.27. The van der Waals surface area contributed by atoms with Crippen molar-refractivity contribution < 1.29 is 24.9 Å². The summed E-state index contributed by atoms with van der Waals surface area (Å²) in [7, 11) is 0. The van der Waals surface area contributed by atoms with Crippen LogP contribution >= 0.6 is 0 Å². The fraction of sp³-hybridized carbons (Fsp3) is 0.650. The minimum absolute atomic E-state index is 0.222. The van der Waals surface area contributed by atoms with Gasteiger partial charge in [-0.15, -0.1) is 0 Å². The first-order valence-electron chi connectivity index (χ1n) is 9.23. The molecule has 0 aliphatic carbocycles. The summed E-state index contributed by atoms with van der Waals surface area (Å²) in [6.45, 7) is 1.91. The van der Waals surface area contributed by atoms with Crippen molar-refractivity contribution in [3.05, 3.63) is 36.5 Å². The third kappa shape index (κ3) is 9.58. The number of aliphatic hydroxyl groups excluding tert-OH is 2. The van der Waals surface area contributed by atoms with Crippen molar-refractivity contribution in [1.29, 1.82) is 0 Å². The van der Waals surface area contributed by atoms with Crippen LogP contribution in [0.4, 0.5) is 0 Å². The van der Waals surface area contributed by atoms with Gasteiger partial charge >= 0.3 is 5.97 Å². The molecular weight excluding hydrogens is 320 g/mol. The van der Waals surface area contributed by atoms with Gasteiger partial charge in [0.1, 0.15) is 0 Å². The Bertz CT molecular complexity index is 455. The number of carboxylic acids is 1. The van der Waals surface area contributed by atoms with Gasteiger partial charge in [-0.1, -0.05) is 43.4 Å². The largest absolute Gasteiger partial charge is 0.481 e. The molecule has 0 aromatic heterocycles. The van der Waals surface area contributed by atoms with Gasteiger partial charge in [0, 0.05) is 12.8 Å². The lowest BCUT2D eigenvalue weighted by molar-refractivity contribution is -0.137. The van der Waals surface area contributed by atoms with Crippen molar-refractivity contribution in [2.24, 2.45) is 0 Å². The highest BCUT2D eigenvalue weighted by atomic mass is 16.5. The lowest BCUT2D eigenvalue weighted by Crippen LogP contribution is -2.25. The van der Waals surface area contributed by atoms with E-state index in [2.05, 4.69) is 12.2 Å². The Morgan fingerprint density at radius 1 is 1.16 bits per heavy atom. The van der Waals surface area contributed by atoms with Crippen molar-refractivity contribution in [2.45, 2.75) is 82.7 Å². The normalized spacial score (nSPS) is 25.5. The molecule has 0 amide bonds. The van der Waals surface area contributed by atoms with Crippen LogP contribution in [0.1, 0.15) is 58.3 Å². The molecule has 0 bridgehead atoms. The lowest BCUT2D eigenvalue weighted by Gasteiger charge is -2.16.